The topological polar surface area (TPSA) is 88.4 Å². The predicted octanol–water partition coefficient (Wildman–Crippen LogP) is 4.29. The van der Waals surface area contributed by atoms with Crippen LogP contribution in [0.15, 0.2) is 22.0 Å². The molecule has 158 valence electrons. The summed E-state index contributed by atoms with van der Waals surface area (Å²) in [6, 6.07) is 3.33. The third kappa shape index (κ3) is 5.90. The number of benzene rings is 1. The minimum absolute atomic E-state index is 0.0206. The number of carbonyl (C=O) groups is 2. The molecule has 0 aliphatic carbocycles. The Bertz CT molecular complexity index is 852. The van der Waals surface area contributed by atoms with E-state index in [2.05, 4.69) is 4.99 Å². The second kappa shape index (κ2) is 10.0. The number of ether oxygens (including phenoxy) is 2. The largest absolute Gasteiger partial charge is 0.490 e. The fraction of sp³-hybridized carbons (Fsp3) is 0.450. The quantitative estimate of drug-likeness (QED) is 0.606. The third-order valence-corrected chi connectivity index (χ3v) is 4.97. The lowest BCUT2D eigenvalue weighted by molar-refractivity contribution is -0.139. The van der Waals surface area contributed by atoms with Crippen molar-refractivity contribution >= 4 is 46.5 Å². The first kappa shape index (κ1) is 23.1. The lowest BCUT2D eigenvalue weighted by Crippen LogP contribution is -2.35. The Morgan fingerprint density at radius 3 is 2.55 bits per heavy atom. The molecular formula is C20H25ClN2O5S. The molecule has 0 atom stereocenters. The summed E-state index contributed by atoms with van der Waals surface area (Å²) in [4.78, 5) is 30.4. The van der Waals surface area contributed by atoms with Gasteiger partial charge in [-0.1, -0.05) is 11.6 Å². The van der Waals surface area contributed by atoms with Crippen molar-refractivity contribution in [3.8, 4) is 11.5 Å². The van der Waals surface area contributed by atoms with Gasteiger partial charge in [-0.15, -0.1) is 0 Å². The fourth-order valence-electron chi connectivity index (χ4n) is 2.61. The second-order valence-corrected chi connectivity index (χ2v) is 8.25. The Morgan fingerprint density at radius 2 is 2.00 bits per heavy atom. The van der Waals surface area contributed by atoms with Crippen LogP contribution in [0.4, 0.5) is 0 Å². The van der Waals surface area contributed by atoms with E-state index < -0.39 is 12.6 Å². The highest BCUT2D eigenvalue weighted by Gasteiger charge is 2.35. The summed E-state index contributed by atoms with van der Waals surface area (Å²) in [6.45, 7) is 9.41. The zero-order valence-corrected chi connectivity index (χ0v) is 18.6. The first-order valence-electron chi connectivity index (χ1n) is 9.25. The maximum absolute atomic E-state index is 12.9. The third-order valence-electron chi connectivity index (χ3n) is 3.69. The van der Waals surface area contributed by atoms with Gasteiger partial charge in [0.05, 0.1) is 16.5 Å². The van der Waals surface area contributed by atoms with Crippen LogP contribution in [0.2, 0.25) is 5.02 Å². The molecule has 7 nitrogen and oxygen atoms in total. The number of carboxylic acids is 1. The van der Waals surface area contributed by atoms with Crippen LogP contribution in [-0.2, 0) is 9.59 Å². The Balaban J connectivity index is 2.42. The van der Waals surface area contributed by atoms with Crippen molar-refractivity contribution in [1.82, 2.24) is 4.90 Å². The zero-order valence-electron chi connectivity index (χ0n) is 17.1. The molecule has 1 saturated heterocycles. The van der Waals surface area contributed by atoms with E-state index in [1.54, 1.807) is 30.0 Å². The summed E-state index contributed by atoms with van der Waals surface area (Å²) < 4.78 is 10.8. The summed E-state index contributed by atoms with van der Waals surface area (Å²) >= 11 is 7.62. The lowest BCUT2D eigenvalue weighted by Gasteiger charge is -2.20. The average Bonchev–Trinajstić information content (AvgIpc) is 2.88. The van der Waals surface area contributed by atoms with E-state index in [-0.39, 0.29) is 28.8 Å². The normalized spacial score (nSPS) is 17.1. The molecular weight excluding hydrogens is 416 g/mol. The smallest absolute Gasteiger partial charge is 0.341 e. The number of nitrogens with zero attached hydrogens (tertiary/aromatic N) is 2. The van der Waals surface area contributed by atoms with Gasteiger partial charge in [0.2, 0.25) is 0 Å². The number of hydrogen-bond donors (Lipinski definition) is 1. The van der Waals surface area contributed by atoms with E-state index in [1.807, 2.05) is 27.7 Å². The SMILES string of the molecule is CCOc1cc(/C=C2/SC(=NC(C)C)N(C(C)C)C2=O)cc(Cl)c1OCC(=O)O. The number of amides is 1. The molecule has 9 heteroatoms. The van der Waals surface area contributed by atoms with Crippen LogP contribution in [0.1, 0.15) is 40.2 Å². The molecule has 1 aromatic rings. The summed E-state index contributed by atoms with van der Waals surface area (Å²) in [5.41, 5.74) is 0.645. The fourth-order valence-corrected chi connectivity index (χ4v) is 4.12. The minimum Gasteiger partial charge on any atom is -0.490 e. The highest BCUT2D eigenvalue weighted by atomic mass is 35.5. The van der Waals surface area contributed by atoms with Gasteiger partial charge in [-0.2, -0.15) is 0 Å². The van der Waals surface area contributed by atoms with Crippen molar-refractivity contribution in [2.75, 3.05) is 13.2 Å². The van der Waals surface area contributed by atoms with Gasteiger partial charge in [0.1, 0.15) is 0 Å². The van der Waals surface area contributed by atoms with Crippen molar-refractivity contribution in [3.63, 3.8) is 0 Å². The average molecular weight is 441 g/mol. The number of halogens is 1. The number of aliphatic imine (C=N–C) groups is 1. The number of carbonyl (C=O) groups excluding carboxylic acids is 1. The van der Waals surface area contributed by atoms with Gasteiger partial charge in [0.25, 0.3) is 5.91 Å². The van der Waals surface area contributed by atoms with Gasteiger partial charge in [-0.25, -0.2) is 4.79 Å². The highest BCUT2D eigenvalue weighted by molar-refractivity contribution is 8.18. The monoisotopic (exact) mass is 440 g/mol. The molecule has 1 amide bonds. The number of amidine groups is 1. The predicted molar refractivity (Wildman–Crippen MR) is 116 cm³/mol. The Hall–Kier alpha value is -2.19. The first-order chi connectivity index (χ1) is 13.6. The van der Waals surface area contributed by atoms with Gasteiger partial charge >= 0.3 is 5.97 Å². The highest BCUT2D eigenvalue weighted by Crippen LogP contribution is 2.39. The standard InChI is InChI=1S/C20H25ClN2O5S/c1-6-27-15-8-13(7-14(21)18(15)28-10-17(24)25)9-16-19(26)23(12(4)5)20(29-16)22-11(2)3/h7-9,11-12H,6,10H2,1-5H3,(H,24,25)/b16-9+,22-20?. The molecule has 1 fully saturated rings. The summed E-state index contributed by atoms with van der Waals surface area (Å²) in [6.07, 6.45) is 1.72. The number of aliphatic carboxylic acids is 1. The molecule has 29 heavy (non-hydrogen) atoms. The molecule has 1 aliphatic rings. The van der Waals surface area contributed by atoms with Gasteiger partial charge in [0, 0.05) is 12.1 Å². The first-order valence-corrected chi connectivity index (χ1v) is 10.4. The minimum atomic E-state index is -1.12. The molecule has 1 aliphatic heterocycles. The molecule has 2 rings (SSSR count). The van der Waals surface area contributed by atoms with Crippen LogP contribution in [0.5, 0.6) is 11.5 Å². The zero-order chi connectivity index (χ0) is 21.7. The lowest BCUT2D eigenvalue weighted by atomic mass is 10.1. The Kier molecular flexibility index (Phi) is 7.98. The molecule has 0 radical (unpaired) electrons. The Morgan fingerprint density at radius 1 is 1.31 bits per heavy atom. The van der Waals surface area contributed by atoms with Crippen LogP contribution in [0.3, 0.4) is 0 Å². The second-order valence-electron chi connectivity index (χ2n) is 6.83. The van der Waals surface area contributed by atoms with Crippen LogP contribution in [0, 0.1) is 0 Å². The van der Waals surface area contributed by atoms with Crippen molar-refractivity contribution in [2.24, 2.45) is 4.99 Å². The number of hydrogen-bond acceptors (Lipinski definition) is 6. The molecule has 1 aromatic carbocycles. The van der Waals surface area contributed by atoms with Crippen LogP contribution < -0.4 is 9.47 Å². The van der Waals surface area contributed by atoms with Crippen LogP contribution in [0.25, 0.3) is 6.08 Å². The van der Waals surface area contributed by atoms with Crippen LogP contribution >= 0.6 is 23.4 Å². The number of rotatable bonds is 8. The van der Waals surface area contributed by atoms with Crippen molar-refractivity contribution in [1.29, 1.82) is 0 Å². The van der Waals surface area contributed by atoms with Crippen molar-refractivity contribution < 1.29 is 24.2 Å². The summed E-state index contributed by atoms with van der Waals surface area (Å²) in [5.74, 6) is -0.757. The summed E-state index contributed by atoms with van der Waals surface area (Å²) in [5, 5.41) is 9.72. The van der Waals surface area contributed by atoms with Gasteiger partial charge in [-0.05, 0) is 70.2 Å². The van der Waals surface area contributed by atoms with E-state index >= 15 is 0 Å². The van der Waals surface area contributed by atoms with Crippen molar-refractivity contribution in [3.05, 3.63) is 27.6 Å². The van der Waals surface area contributed by atoms with Crippen molar-refractivity contribution in [2.45, 2.75) is 46.7 Å². The van der Waals surface area contributed by atoms with E-state index in [0.29, 0.717) is 28.0 Å². The van der Waals surface area contributed by atoms with Gasteiger partial charge in [-0.3, -0.25) is 14.7 Å². The molecule has 1 N–H and O–H groups in total. The molecule has 0 saturated carbocycles. The number of thioether (sulfide) groups is 1. The molecule has 0 unspecified atom stereocenters. The maximum Gasteiger partial charge on any atom is 0.341 e. The van der Waals surface area contributed by atoms with Gasteiger partial charge < -0.3 is 14.6 Å². The van der Waals surface area contributed by atoms with Gasteiger partial charge in [0.15, 0.2) is 23.3 Å². The van der Waals surface area contributed by atoms with E-state index in [4.69, 9.17) is 26.2 Å². The van der Waals surface area contributed by atoms with E-state index in [9.17, 15) is 9.59 Å². The Labute approximate surface area is 179 Å². The molecule has 0 bridgehead atoms. The van der Waals surface area contributed by atoms with Crippen LogP contribution in [-0.4, -0.2) is 52.3 Å². The number of carboxylic acid groups (broad SMARTS) is 1. The summed E-state index contributed by atoms with van der Waals surface area (Å²) in [7, 11) is 0. The molecule has 0 spiro atoms. The maximum atomic E-state index is 12.9. The van der Waals surface area contributed by atoms with E-state index in [1.165, 1.54) is 11.8 Å². The molecule has 0 aromatic heterocycles. The molecule has 1 heterocycles. The van der Waals surface area contributed by atoms with E-state index in [0.717, 1.165) is 0 Å².